The van der Waals surface area contributed by atoms with Gasteiger partial charge in [-0.25, -0.2) is 24.3 Å². The molecule has 26 heavy (non-hydrogen) atoms. The van der Waals surface area contributed by atoms with Crippen molar-refractivity contribution in [2.45, 2.75) is 45.4 Å². The van der Waals surface area contributed by atoms with E-state index in [1.807, 2.05) is 4.90 Å². The van der Waals surface area contributed by atoms with Gasteiger partial charge in [0.05, 0.1) is 6.20 Å². The monoisotopic (exact) mass is 356 g/mol. The molecule has 0 amide bonds. The molecule has 0 spiro atoms. The van der Waals surface area contributed by atoms with Crippen LogP contribution in [0.3, 0.4) is 0 Å². The summed E-state index contributed by atoms with van der Waals surface area (Å²) < 4.78 is 14.0. The normalized spacial score (nSPS) is 17.5. The number of piperazine rings is 1. The average molecular weight is 356 g/mol. The van der Waals surface area contributed by atoms with Gasteiger partial charge in [0, 0.05) is 42.9 Å². The lowest BCUT2D eigenvalue weighted by atomic mass is 9.95. The van der Waals surface area contributed by atoms with Crippen molar-refractivity contribution in [1.29, 1.82) is 0 Å². The quantitative estimate of drug-likeness (QED) is 0.824. The van der Waals surface area contributed by atoms with Crippen molar-refractivity contribution < 1.29 is 4.39 Å². The van der Waals surface area contributed by atoms with E-state index >= 15 is 0 Å². The highest BCUT2D eigenvalue weighted by Gasteiger charge is 2.29. The summed E-state index contributed by atoms with van der Waals surface area (Å²) >= 11 is 0. The van der Waals surface area contributed by atoms with Crippen molar-refractivity contribution in [2.75, 3.05) is 36.0 Å². The summed E-state index contributed by atoms with van der Waals surface area (Å²) in [5.41, 5.74) is 2.45. The molecular weight excluding hydrogens is 331 g/mol. The van der Waals surface area contributed by atoms with E-state index in [0.717, 1.165) is 57.1 Å². The molecule has 0 saturated carbocycles. The van der Waals surface area contributed by atoms with Gasteiger partial charge in [-0.1, -0.05) is 20.8 Å². The number of hydrogen-bond acceptors (Lipinski definition) is 6. The Labute approximate surface area is 153 Å². The molecule has 0 aromatic carbocycles. The number of fused-ring (bicyclic) bond motifs is 1. The van der Waals surface area contributed by atoms with Crippen molar-refractivity contribution in [3.63, 3.8) is 0 Å². The molecule has 0 unspecified atom stereocenters. The first-order valence-corrected chi connectivity index (χ1v) is 9.29. The van der Waals surface area contributed by atoms with Gasteiger partial charge in [-0.3, -0.25) is 0 Å². The molecule has 0 atom stereocenters. The molecule has 1 saturated heterocycles. The molecule has 4 rings (SSSR count). The summed E-state index contributed by atoms with van der Waals surface area (Å²) in [5, 5.41) is 0. The Morgan fingerprint density at radius 3 is 2.31 bits per heavy atom. The van der Waals surface area contributed by atoms with Crippen LogP contribution in [0.2, 0.25) is 0 Å². The Morgan fingerprint density at radius 2 is 1.65 bits per heavy atom. The molecule has 1 aliphatic carbocycles. The Bertz CT molecular complexity index is 808. The number of aryl methyl sites for hydroxylation is 1. The summed E-state index contributed by atoms with van der Waals surface area (Å²) in [7, 11) is 0. The second kappa shape index (κ2) is 6.45. The molecule has 0 N–H and O–H groups in total. The van der Waals surface area contributed by atoms with E-state index in [9.17, 15) is 4.39 Å². The summed E-state index contributed by atoms with van der Waals surface area (Å²) in [6.45, 7) is 9.51. The van der Waals surface area contributed by atoms with Gasteiger partial charge in [0.2, 0.25) is 0 Å². The third kappa shape index (κ3) is 3.10. The minimum Gasteiger partial charge on any atom is -0.353 e. The second-order valence-corrected chi connectivity index (χ2v) is 8.07. The zero-order chi connectivity index (χ0) is 18.3. The van der Waals surface area contributed by atoms with Crippen LogP contribution >= 0.6 is 0 Å². The summed E-state index contributed by atoms with van der Waals surface area (Å²) in [5.74, 6) is 2.03. The zero-order valence-electron chi connectivity index (χ0n) is 15.7. The fraction of sp³-hybridized carbons (Fsp3) is 0.579. The molecule has 0 bridgehead atoms. The third-order valence-corrected chi connectivity index (χ3v) is 5.11. The van der Waals surface area contributed by atoms with Gasteiger partial charge in [-0.05, 0) is 19.3 Å². The highest BCUT2D eigenvalue weighted by molar-refractivity contribution is 5.53. The van der Waals surface area contributed by atoms with Crippen molar-refractivity contribution in [1.82, 2.24) is 19.9 Å². The van der Waals surface area contributed by atoms with Crippen LogP contribution in [0.1, 0.15) is 44.3 Å². The predicted molar refractivity (Wildman–Crippen MR) is 99.2 cm³/mol. The molecule has 2 aliphatic rings. The lowest BCUT2D eigenvalue weighted by molar-refractivity contribution is 0.537. The molecule has 0 radical (unpaired) electrons. The first-order valence-electron chi connectivity index (χ1n) is 9.29. The van der Waals surface area contributed by atoms with Gasteiger partial charge < -0.3 is 9.80 Å². The van der Waals surface area contributed by atoms with Crippen LogP contribution in [-0.4, -0.2) is 46.1 Å². The smallest absolute Gasteiger partial charge is 0.183 e. The molecular formula is C19H25FN6. The van der Waals surface area contributed by atoms with Crippen LogP contribution < -0.4 is 9.80 Å². The Balaban J connectivity index is 1.58. The first kappa shape index (κ1) is 17.1. The third-order valence-electron chi connectivity index (χ3n) is 5.11. The summed E-state index contributed by atoms with van der Waals surface area (Å²) in [6, 6.07) is 0. The van der Waals surface area contributed by atoms with Crippen LogP contribution in [-0.2, 0) is 18.3 Å². The molecule has 6 nitrogen and oxygen atoms in total. The lowest BCUT2D eigenvalue weighted by Gasteiger charge is -2.37. The summed E-state index contributed by atoms with van der Waals surface area (Å²) in [6.07, 6.45) is 5.87. The van der Waals surface area contributed by atoms with Gasteiger partial charge in [-0.15, -0.1) is 0 Å². The molecule has 2 aromatic heterocycles. The Kier molecular flexibility index (Phi) is 4.25. The van der Waals surface area contributed by atoms with E-state index in [1.54, 1.807) is 0 Å². The van der Waals surface area contributed by atoms with Crippen LogP contribution in [0.15, 0.2) is 12.5 Å². The van der Waals surface area contributed by atoms with E-state index in [2.05, 4.69) is 35.6 Å². The van der Waals surface area contributed by atoms with Crippen LogP contribution in [0.4, 0.5) is 16.0 Å². The van der Waals surface area contributed by atoms with Gasteiger partial charge in [0.1, 0.15) is 18.0 Å². The first-order chi connectivity index (χ1) is 12.4. The van der Waals surface area contributed by atoms with E-state index in [0.29, 0.717) is 5.82 Å². The number of anilines is 2. The minimum absolute atomic E-state index is 0.0712. The maximum Gasteiger partial charge on any atom is 0.183 e. The molecule has 7 heteroatoms. The van der Waals surface area contributed by atoms with E-state index in [-0.39, 0.29) is 11.2 Å². The molecule has 3 heterocycles. The average Bonchev–Trinajstić information content (AvgIpc) is 3.09. The standard InChI is InChI=1S/C19H25FN6/c1-19(2,3)18-23-15-6-4-5-13(15)16(24-18)25-7-9-26(10-8-25)17-14(20)11-21-12-22-17/h11-12H,4-10H2,1-3H3. The number of halogens is 1. The van der Waals surface area contributed by atoms with Crippen LogP contribution in [0, 0.1) is 5.82 Å². The predicted octanol–water partition coefficient (Wildman–Crippen LogP) is 2.52. The fourth-order valence-electron chi connectivity index (χ4n) is 3.68. The minimum atomic E-state index is -0.362. The lowest BCUT2D eigenvalue weighted by Crippen LogP contribution is -2.48. The van der Waals surface area contributed by atoms with Crippen molar-refractivity contribution >= 4 is 11.6 Å². The topological polar surface area (TPSA) is 58.0 Å². The number of rotatable bonds is 2. The van der Waals surface area contributed by atoms with Gasteiger partial charge >= 0.3 is 0 Å². The Morgan fingerprint density at radius 1 is 0.962 bits per heavy atom. The number of hydrogen-bond donors (Lipinski definition) is 0. The van der Waals surface area contributed by atoms with Crippen LogP contribution in [0.25, 0.3) is 0 Å². The maximum atomic E-state index is 14.0. The highest BCUT2D eigenvalue weighted by Crippen LogP contribution is 2.32. The fourth-order valence-corrected chi connectivity index (χ4v) is 3.68. The van der Waals surface area contributed by atoms with Crippen molar-refractivity contribution in [3.05, 3.63) is 35.4 Å². The van der Waals surface area contributed by atoms with Crippen molar-refractivity contribution in [2.24, 2.45) is 0 Å². The molecule has 1 aliphatic heterocycles. The molecule has 2 aromatic rings. The largest absolute Gasteiger partial charge is 0.353 e. The number of nitrogens with zero attached hydrogens (tertiary/aromatic N) is 6. The number of aromatic nitrogens is 4. The van der Waals surface area contributed by atoms with E-state index in [1.165, 1.54) is 23.8 Å². The highest BCUT2D eigenvalue weighted by atomic mass is 19.1. The van der Waals surface area contributed by atoms with Crippen molar-refractivity contribution in [3.8, 4) is 0 Å². The summed E-state index contributed by atoms with van der Waals surface area (Å²) in [4.78, 5) is 21.9. The molecule has 1 fully saturated rings. The zero-order valence-corrected chi connectivity index (χ0v) is 15.7. The van der Waals surface area contributed by atoms with E-state index < -0.39 is 0 Å². The van der Waals surface area contributed by atoms with Gasteiger partial charge in [0.15, 0.2) is 11.6 Å². The van der Waals surface area contributed by atoms with Gasteiger partial charge in [0.25, 0.3) is 0 Å². The Hall–Kier alpha value is -2.31. The second-order valence-electron chi connectivity index (χ2n) is 8.07. The SMILES string of the molecule is CC(C)(C)c1nc2c(c(N3CCN(c4ncncc4F)CC3)n1)CCC2. The van der Waals surface area contributed by atoms with Crippen LogP contribution in [0.5, 0.6) is 0 Å². The van der Waals surface area contributed by atoms with E-state index in [4.69, 9.17) is 9.97 Å². The maximum absolute atomic E-state index is 14.0. The van der Waals surface area contributed by atoms with Gasteiger partial charge in [-0.2, -0.15) is 0 Å². The molecule has 138 valence electrons.